The Labute approximate surface area is 107 Å². The normalized spacial score (nSPS) is 26.5. The van der Waals surface area contributed by atoms with E-state index in [2.05, 4.69) is 5.32 Å². The zero-order chi connectivity index (χ0) is 13.0. The summed E-state index contributed by atoms with van der Waals surface area (Å²) in [6.45, 7) is 2.88. The van der Waals surface area contributed by atoms with E-state index in [1.807, 2.05) is 4.90 Å². The standard InChI is InChI=1S/C13H23F3N2/c14-13(15,16)11-4-3-9-18(10-11)8-2-1-7-17-12-5-6-12/h11-12,17H,1-10H2. The number of alkyl halides is 3. The van der Waals surface area contributed by atoms with E-state index >= 15 is 0 Å². The largest absolute Gasteiger partial charge is 0.393 e. The van der Waals surface area contributed by atoms with E-state index in [1.165, 1.54) is 12.8 Å². The molecule has 0 aromatic heterocycles. The minimum atomic E-state index is -4.01. The fourth-order valence-corrected chi connectivity index (χ4v) is 2.58. The number of nitrogens with zero attached hydrogens (tertiary/aromatic N) is 1. The van der Waals surface area contributed by atoms with Crippen molar-refractivity contribution < 1.29 is 13.2 Å². The molecule has 1 saturated carbocycles. The van der Waals surface area contributed by atoms with Crippen LogP contribution >= 0.6 is 0 Å². The number of nitrogens with one attached hydrogen (secondary N) is 1. The molecule has 0 amide bonds. The van der Waals surface area contributed by atoms with Gasteiger partial charge in [0.2, 0.25) is 0 Å². The Bertz CT molecular complexity index is 251. The highest BCUT2D eigenvalue weighted by Crippen LogP contribution is 2.33. The summed E-state index contributed by atoms with van der Waals surface area (Å²) in [6.07, 6.45) is 1.65. The number of rotatable bonds is 6. The van der Waals surface area contributed by atoms with Crippen LogP contribution in [0.4, 0.5) is 13.2 Å². The molecule has 1 N–H and O–H groups in total. The van der Waals surface area contributed by atoms with Crippen LogP contribution in [-0.4, -0.2) is 43.3 Å². The van der Waals surface area contributed by atoms with Gasteiger partial charge in [-0.25, -0.2) is 0 Å². The number of likely N-dealkylation sites (tertiary alicyclic amines) is 1. The van der Waals surface area contributed by atoms with E-state index in [-0.39, 0.29) is 6.54 Å². The predicted molar refractivity (Wildman–Crippen MR) is 65.5 cm³/mol. The highest BCUT2D eigenvalue weighted by molar-refractivity contribution is 4.81. The summed E-state index contributed by atoms with van der Waals surface area (Å²) in [5.41, 5.74) is 0. The Morgan fingerprint density at radius 1 is 1.11 bits per heavy atom. The van der Waals surface area contributed by atoms with Crippen LogP contribution in [0.15, 0.2) is 0 Å². The molecule has 0 aromatic rings. The lowest BCUT2D eigenvalue weighted by Crippen LogP contribution is -2.42. The molecule has 1 unspecified atom stereocenters. The molecule has 1 heterocycles. The Balaban J connectivity index is 1.57. The Morgan fingerprint density at radius 2 is 1.89 bits per heavy atom. The van der Waals surface area contributed by atoms with Crippen molar-refractivity contribution >= 4 is 0 Å². The van der Waals surface area contributed by atoms with Crippen LogP contribution in [-0.2, 0) is 0 Å². The molecular formula is C13H23F3N2. The van der Waals surface area contributed by atoms with E-state index in [0.29, 0.717) is 12.8 Å². The van der Waals surface area contributed by atoms with Gasteiger partial charge in [0.15, 0.2) is 0 Å². The van der Waals surface area contributed by atoms with Gasteiger partial charge in [0.1, 0.15) is 0 Å². The third kappa shape index (κ3) is 4.76. The summed E-state index contributed by atoms with van der Waals surface area (Å²) in [6, 6.07) is 0.731. The van der Waals surface area contributed by atoms with Gasteiger partial charge in [0.05, 0.1) is 5.92 Å². The summed E-state index contributed by atoms with van der Waals surface area (Å²) in [5, 5.41) is 3.43. The maximum absolute atomic E-state index is 12.6. The molecule has 2 aliphatic rings. The van der Waals surface area contributed by atoms with Gasteiger partial charge in [-0.05, 0) is 58.2 Å². The van der Waals surface area contributed by atoms with Crippen molar-refractivity contribution in [2.24, 2.45) is 5.92 Å². The average molecular weight is 264 g/mol. The van der Waals surface area contributed by atoms with Crippen LogP contribution in [0, 0.1) is 5.92 Å². The summed E-state index contributed by atoms with van der Waals surface area (Å²) in [5.74, 6) is -1.10. The quantitative estimate of drug-likeness (QED) is 0.742. The number of hydrogen-bond donors (Lipinski definition) is 1. The van der Waals surface area contributed by atoms with Crippen LogP contribution in [0.25, 0.3) is 0 Å². The van der Waals surface area contributed by atoms with Crippen LogP contribution in [0.2, 0.25) is 0 Å². The van der Waals surface area contributed by atoms with Crippen LogP contribution < -0.4 is 5.32 Å². The molecule has 1 saturated heterocycles. The summed E-state index contributed by atoms with van der Waals surface area (Å²) < 4.78 is 37.9. The first-order valence-electron chi connectivity index (χ1n) is 7.08. The van der Waals surface area contributed by atoms with Gasteiger partial charge in [-0.15, -0.1) is 0 Å². The molecule has 0 radical (unpaired) electrons. The third-order valence-electron chi connectivity index (χ3n) is 3.88. The Morgan fingerprint density at radius 3 is 2.56 bits per heavy atom. The monoisotopic (exact) mass is 264 g/mol. The number of unbranched alkanes of at least 4 members (excludes halogenated alkanes) is 1. The van der Waals surface area contributed by atoms with Gasteiger partial charge in [-0.3, -0.25) is 0 Å². The van der Waals surface area contributed by atoms with Crippen molar-refractivity contribution in [3.05, 3.63) is 0 Å². The number of hydrogen-bond acceptors (Lipinski definition) is 2. The first-order chi connectivity index (χ1) is 8.55. The van der Waals surface area contributed by atoms with E-state index in [1.54, 1.807) is 0 Å². The number of piperidine rings is 1. The fraction of sp³-hybridized carbons (Fsp3) is 1.00. The molecule has 106 valence electrons. The molecule has 2 rings (SSSR count). The smallest absolute Gasteiger partial charge is 0.314 e. The molecule has 1 aliphatic heterocycles. The zero-order valence-corrected chi connectivity index (χ0v) is 10.8. The van der Waals surface area contributed by atoms with Crippen LogP contribution in [0.3, 0.4) is 0 Å². The van der Waals surface area contributed by atoms with E-state index in [9.17, 15) is 13.2 Å². The highest BCUT2D eigenvalue weighted by atomic mass is 19.4. The highest BCUT2D eigenvalue weighted by Gasteiger charge is 2.41. The topological polar surface area (TPSA) is 15.3 Å². The molecule has 1 atom stereocenters. The Hall–Kier alpha value is -0.290. The molecular weight excluding hydrogens is 241 g/mol. The van der Waals surface area contributed by atoms with Gasteiger partial charge in [-0.1, -0.05) is 0 Å². The van der Waals surface area contributed by atoms with Crippen molar-refractivity contribution in [3.63, 3.8) is 0 Å². The van der Waals surface area contributed by atoms with Gasteiger partial charge < -0.3 is 10.2 Å². The van der Waals surface area contributed by atoms with Gasteiger partial charge >= 0.3 is 6.18 Å². The third-order valence-corrected chi connectivity index (χ3v) is 3.88. The van der Waals surface area contributed by atoms with E-state index in [4.69, 9.17) is 0 Å². The second kappa shape index (κ2) is 6.24. The molecule has 0 aromatic carbocycles. The minimum Gasteiger partial charge on any atom is -0.314 e. The van der Waals surface area contributed by atoms with Crippen molar-refractivity contribution in [3.8, 4) is 0 Å². The maximum atomic E-state index is 12.6. The first kappa shape index (κ1) is 14.1. The van der Waals surface area contributed by atoms with Gasteiger partial charge in [0.25, 0.3) is 0 Å². The van der Waals surface area contributed by atoms with Crippen LogP contribution in [0.1, 0.15) is 38.5 Å². The van der Waals surface area contributed by atoms with Gasteiger partial charge in [0, 0.05) is 12.6 Å². The minimum absolute atomic E-state index is 0.208. The maximum Gasteiger partial charge on any atom is 0.393 e. The molecule has 18 heavy (non-hydrogen) atoms. The van der Waals surface area contributed by atoms with E-state index < -0.39 is 12.1 Å². The predicted octanol–water partition coefficient (Wildman–Crippen LogP) is 2.79. The molecule has 2 nitrogen and oxygen atoms in total. The second-order valence-corrected chi connectivity index (χ2v) is 5.62. The van der Waals surface area contributed by atoms with E-state index in [0.717, 1.165) is 38.5 Å². The first-order valence-corrected chi connectivity index (χ1v) is 7.08. The number of halogens is 3. The molecule has 0 bridgehead atoms. The van der Waals surface area contributed by atoms with Crippen molar-refractivity contribution in [2.45, 2.75) is 50.7 Å². The van der Waals surface area contributed by atoms with Gasteiger partial charge in [-0.2, -0.15) is 13.2 Å². The molecule has 5 heteroatoms. The second-order valence-electron chi connectivity index (χ2n) is 5.62. The van der Waals surface area contributed by atoms with Crippen molar-refractivity contribution in [1.29, 1.82) is 0 Å². The molecule has 2 fully saturated rings. The molecule has 0 spiro atoms. The van der Waals surface area contributed by atoms with Crippen molar-refractivity contribution in [1.82, 2.24) is 10.2 Å². The van der Waals surface area contributed by atoms with Crippen LogP contribution in [0.5, 0.6) is 0 Å². The lowest BCUT2D eigenvalue weighted by atomic mass is 9.97. The zero-order valence-electron chi connectivity index (χ0n) is 10.8. The lowest BCUT2D eigenvalue weighted by molar-refractivity contribution is -0.186. The lowest BCUT2D eigenvalue weighted by Gasteiger charge is -2.33. The summed E-state index contributed by atoms with van der Waals surface area (Å²) in [7, 11) is 0. The Kier molecular flexibility index (Phi) is 4.90. The van der Waals surface area contributed by atoms with Crippen molar-refractivity contribution in [2.75, 3.05) is 26.2 Å². The SMILES string of the molecule is FC(F)(F)C1CCCN(CCCCNC2CC2)C1. The summed E-state index contributed by atoms with van der Waals surface area (Å²) >= 11 is 0. The molecule has 1 aliphatic carbocycles. The average Bonchev–Trinajstić information content (AvgIpc) is 3.12. The summed E-state index contributed by atoms with van der Waals surface area (Å²) in [4.78, 5) is 1.98. The fourth-order valence-electron chi connectivity index (χ4n) is 2.58.